The number of nitrogens with one attached hydrogen (secondary N) is 2. The van der Waals surface area contributed by atoms with Crippen LogP contribution >= 0.6 is 0 Å². The van der Waals surface area contributed by atoms with Gasteiger partial charge in [0.2, 0.25) is 0 Å². The first kappa shape index (κ1) is 20.5. The van der Waals surface area contributed by atoms with Crippen LogP contribution in [0.2, 0.25) is 0 Å². The average Bonchev–Trinajstić information content (AvgIpc) is 2.75. The van der Waals surface area contributed by atoms with Crippen LogP contribution in [0, 0.1) is 12.7 Å². The third-order valence-electron chi connectivity index (χ3n) is 4.72. The molecule has 6 nitrogen and oxygen atoms in total. The highest BCUT2D eigenvalue weighted by molar-refractivity contribution is 7.92. The number of carbonyl (C=O) groups excluding carboxylic acids is 1. The van der Waals surface area contributed by atoms with Crippen LogP contribution in [0.15, 0.2) is 83.9 Å². The molecule has 0 aliphatic carbocycles. The molecule has 156 valence electrons. The van der Waals surface area contributed by atoms with Gasteiger partial charge in [-0.2, -0.15) is 0 Å². The van der Waals surface area contributed by atoms with Gasteiger partial charge in [0.25, 0.3) is 15.9 Å². The van der Waals surface area contributed by atoms with Crippen LogP contribution in [0.5, 0.6) is 0 Å². The maximum atomic E-state index is 13.1. The third-order valence-corrected chi connectivity index (χ3v) is 6.10. The van der Waals surface area contributed by atoms with Crippen molar-refractivity contribution < 1.29 is 17.6 Å². The molecule has 8 heteroatoms. The Labute approximate surface area is 178 Å². The SMILES string of the molecule is Cc1ccc(S(=O)(=O)Nc2ccc(F)cc2)cc1C(=O)Nc1ccc2ncccc2c1. The number of aryl methyl sites for hydroxylation is 1. The van der Waals surface area contributed by atoms with E-state index in [0.29, 0.717) is 11.3 Å². The van der Waals surface area contributed by atoms with Crippen LogP contribution in [-0.2, 0) is 10.0 Å². The summed E-state index contributed by atoms with van der Waals surface area (Å²) in [7, 11) is -3.96. The summed E-state index contributed by atoms with van der Waals surface area (Å²) in [6.45, 7) is 1.73. The Morgan fingerprint density at radius 2 is 1.68 bits per heavy atom. The molecule has 0 aliphatic rings. The van der Waals surface area contributed by atoms with E-state index in [4.69, 9.17) is 0 Å². The fraction of sp³-hybridized carbons (Fsp3) is 0.0435. The van der Waals surface area contributed by atoms with Crippen LogP contribution in [0.4, 0.5) is 15.8 Å². The lowest BCUT2D eigenvalue weighted by Gasteiger charge is -2.12. The van der Waals surface area contributed by atoms with Gasteiger partial charge in [-0.3, -0.25) is 14.5 Å². The second-order valence-electron chi connectivity index (χ2n) is 6.95. The van der Waals surface area contributed by atoms with Crippen molar-refractivity contribution in [3.8, 4) is 0 Å². The van der Waals surface area contributed by atoms with Gasteiger partial charge < -0.3 is 5.32 Å². The van der Waals surface area contributed by atoms with Crippen molar-refractivity contribution in [2.75, 3.05) is 10.0 Å². The first-order chi connectivity index (χ1) is 14.8. The van der Waals surface area contributed by atoms with E-state index in [2.05, 4.69) is 15.0 Å². The van der Waals surface area contributed by atoms with Crippen molar-refractivity contribution in [2.24, 2.45) is 0 Å². The minimum absolute atomic E-state index is 0.0738. The number of amides is 1. The number of hydrogen-bond acceptors (Lipinski definition) is 4. The van der Waals surface area contributed by atoms with Gasteiger partial charge in [0.1, 0.15) is 5.82 Å². The first-order valence-electron chi connectivity index (χ1n) is 9.37. The minimum Gasteiger partial charge on any atom is -0.322 e. The monoisotopic (exact) mass is 435 g/mol. The Balaban J connectivity index is 1.60. The summed E-state index contributed by atoms with van der Waals surface area (Å²) in [6.07, 6.45) is 1.69. The van der Waals surface area contributed by atoms with Crippen molar-refractivity contribution in [2.45, 2.75) is 11.8 Å². The quantitative estimate of drug-likeness (QED) is 0.474. The molecule has 0 spiro atoms. The van der Waals surface area contributed by atoms with Crippen molar-refractivity contribution in [3.63, 3.8) is 0 Å². The molecule has 0 aliphatic heterocycles. The number of rotatable bonds is 5. The number of carbonyl (C=O) groups is 1. The molecule has 1 aromatic heterocycles. The number of benzene rings is 3. The minimum atomic E-state index is -3.96. The predicted molar refractivity (Wildman–Crippen MR) is 118 cm³/mol. The summed E-state index contributed by atoms with van der Waals surface area (Å²) >= 11 is 0. The summed E-state index contributed by atoms with van der Waals surface area (Å²) in [4.78, 5) is 17.0. The normalized spacial score (nSPS) is 11.3. The van der Waals surface area contributed by atoms with E-state index in [1.807, 2.05) is 6.07 Å². The number of hydrogen-bond donors (Lipinski definition) is 2. The maximum Gasteiger partial charge on any atom is 0.261 e. The number of anilines is 2. The maximum absolute atomic E-state index is 13.1. The zero-order valence-electron chi connectivity index (χ0n) is 16.5. The Morgan fingerprint density at radius 3 is 2.45 bits per heavy atom. The molecule has 31 heavy (non-hydrogen) atoms. The van der Waals surface area contributed by atoms with Crippen molar-refractivity contribution in [3.05, 3.63) is 95.9 Å². The topological polar surface area (TPSA) is 88.2 Å². The van der Waals surface area contributed by atoms with Crippen molar-refractivity contribution in [1.29, 1.82) is 0 Å². The predicted octanol–water partition coefficient (Wildman–Crippen LogP) is 4.74. The largest absolute Gasteiger partial charge is 0.322 e. The Bertz CT molecular complexity index is 1390. The summed E-state index contributed by atoms with van der Waals surface area (Å²) in [5.41, 5.74) is 2.45. The molecule has 4 aromatic rings. The Kier molecular flexibility index (Phi) is 5.39. The van der Waals surface area contributed by atoms with Crippen molar-refractivity contribution >= 4 is 38.2 Å². The lowest BCUT2D eigenvalue weighted by Crippen LogP contribution is -2.17. The lowest BCUT2D eigenvalue weighted by molar-refractivity contribution is 0.102. The van der Waals surface area contributed by atoms with E-state index in [1.165, 1.54) is 24.3 Å². The number of fused-ring (bicyclic) bond motifs is 1. The fourth-order valence-corrected chi connectivity index (χ4v) is 4.18. The number of nitrogens with zero attached hydrogens (tertiary/aromatic N) is 1. The fourth-order valence-electron chi connectivity index (χ4n) is 3.10. The van der Waals surface area contributed by atoms with E-state index in [9.17, 15) is 17.6 Å². The summed E-state index contributed by atoms with van der Waals surface area (Å²) in [5, 5.41) is 3.67. The van der Waals surface area contributed by atoms with Crippen LogP contribution in [0.3, 0.4) is 0 Å². The summed E-state index contributed by atoms with van der Waals surface area (Å²) < 4.78 is 40.9. The number of aromatic nitrogens is 1. The number of sulfonamides is 1. The zero-order chi connectivity index (χ0) is 22.0. The van der Waals surface area contributed by atoms with Crippen molar-refractivity contribution in [1.82, 2.24) is 4.98 Å². The lowest BCUT2D eigenvalue weighted by atomic mass is 10.1. The molecule has 3 aromatic carbocycles. The molecule has 1 amide bonds. The highest BCUT2D eigenvalue weighted by atomic mass is 32.2. The molecule has 4 rings (SSSR count). The van der Waals surface area contributed by atoms with Crippen LogP contribution in [0.25, 0.3) is 10.9 Å². The highest BCUT2D eigenvalue weighted by Gasteiger charge is 2.18. The average molecular weight is 435 g/mol. The molecule has 2 N–H and O–H groups in total. The van der Waals surface area contributed by atoms with E-state index >= 15 is 0 Å². The van der Waals surface area contributed by atoms with Gasteiger partial charge >= 0.3 is 0 Å². The van der Waals surface area contributed by atoms with Gasteiger partial charge in [-0.05, 0) is 73.2 Å². The molecule has 0 bridgehead atoms. The Morgan fingerprint density at radius 1 is 0.935 bits per heavy atom. The van der Waals surface area contributed by atoms with Gasteiger partial charge in [-0.1, -0.05) is 12.1 Å². The Hall–Kier alpha value is -3.78. The van der Waals surface area contributed by atoms with Gasteiger partial charge in [0, 0.05) is 28.5 Å². The van der Waals surface area contributed by atoms with Crippen LogP contribution in [0.1, 0.15) is 15.9 Å². The third kappa shape index (κ3) is 4.54. The van der Waals surface area contributed by atoms with E-state index in [-0.39, 0.29) is 16.1 Å². The molecule has 0 saturated heterocycles. The van der Waals surface area contributed by atoms with E-state index in [1.54, 1.807) is 43.5 Å². The molecular weight excluding hydrogens is 417 g/mol. The molecule has 0 unspecified atom stereocenters. The molecule has 0 fully saturated rings. The first-order valence-corrected chi connectivity index (χ1v) is 10.9. The molecule has 0 atom stereocenters. The second kappa shape index (κ2) is 8.16. The summed E-state index contributed by atoms with van der Waals surface area (Å²) in [5.74, 6) is -0.902. The van der Waals surface area contributed by atoms with Crippen LogP contribution in [-0.4, -0.2) is 19.3 Å². The second-order valence-corrected chi connectivity index (χ2v) is 8.64. The van der Waals surface area contributed by atoms with Gasteiger partial charge in [0.05, 0.1) is 10.4 Å². The zero-order valence-corrected chi connectivity index (χ0v) is 17.3. The smallest absolute Gasteiger partial charge is 0.261 e. The number of halogens is 1. The highest BCUT2D eigenvalue weighted by Crippen LogP contribution is 2.22. The molecular formula is C23H18FN3O3S. The van der Waals surface area contributed by atoms with E-state index < -0.39 is 21.7 Å². The van der Waals surface area contributed by atoms with Gasteiger partial charge in [-0.25, -0.2) is 12.8 Å². The van der Waals surface area contributed by atoms with Gasteiger partial charge in [0.15, 0.2) is 0 Å². The summed E-state index contributed by atoms with van der Waals surface area (Å²) in [6, 6.07) is 18.3. The van der Waals surface area contributed by atoms with Crippen LogP contribution < -0.4 is 10.0 Å². The van der Waals surface area contributed by atoms with E-state index in [0.717, 1.165) is 23.0 Å². The molecule has 0 radical (unpaired) electrons. The van der Waals surface area contributed by atoms with Gasteiger partial charge in [-0.15, -0.1) is 0 Å². The standard InChI is InChI=1S/C23H18FN3O3S/c1-15-4-10-20(31(29,30)27-18-7-5-17(24)6-8-18)14-21(15)23(28)26-19-9-11-22-16(13-19)3-2-12-25-22/h2-14,27H,1H3,(H,26,28). The molecule has 1 heterocycles. The molecule has 0 saturated carbocycles. The number of pyridine rings is 1.